The number of rotatable bonds is 2. The van der Waals surface area contributed by atoms with Crippen LogP contribution in [-0.2, 0) is 0 Å². The molecule has 2 atom stereocenters. The third-order valence-electron chi connectivity index (χ3n) is 4.00. The molecule has 1 saturated heterocycles. The smallest absolute Gasteiger partial charge is 0.137 e. The van der Waals surface area contributed by atoms with E-state index in [2.05, 4.69) is 16.4 Å². The zero-order chi connectivity index (χ0) is 11.9. The minimum absolute atomic E-state index is 0.0661. The summed E-state index contributed by atoms with van der Waals surface area (Å²) >= 11 is 0. The lowest BCUT2D eigenvalue weighted by Crippen LogP contribution is -2.28. The largest absolute Gasteiger partial charge is 0.495 e. The molecular weight excluding hydrogens is 214 g/mol. The van der Waals surface area contributed by atoms with Crippen LogP contribution in [0.1, 0.15) is 24.3 Å². The number of methoxy groups -OCH3 is 1. The van der Waals surface area contributed by atoms with E-state index in [1.807, 2.05) is 12.3 Å². The maximum absolute atomic E-state index is 9.36. The summed E-state index contributed by atoms with van der Waals surface area (Å²) in [6, 6.07) is 4.46. The first-order valence-electron chi connectivity index (χ1n) is 5.93. The molecule has 0 unspecified atom stereocenters. The fourth-order valence-corrected chi connectivity index (χ4v) is 2.82. The average molecular weight is 229 g/mol. The summed E-state index contributed by atoms with van der Waals surface area (Å²) in [6.07, 6.45) is 5.79. The molecule has 1 aromatic rings. The molecule has 0 radical (unpaired) electrons. The highest BCUT2D eigenvalue weighted by Gasteiger charge is 2.56. The summed E-state index contributed by atoms with van der Waals surface area (Å²) in [4.78, 5) is 4.17. The van der Waals surface area contributed by atoms with Gasteiger partial charge in [-0.3, -0.25) is 4.98 Å². The topological polar surface area (TPSA) is 57.9 Å². The molecule has 4 heteroatoms. The molecule has 4 nitrogen and oxygen atoms in total. The van der Waals surface area contributed by atoms with Crippen LogP contribution >= 0.6 is 0 Å². The van der Waals surface area contributed by atoms with E-state index < -0.39 is 0 Å². The fraction of sp³-hybridized carbons (Fsp3) is 0.538. The van der Waals surface area contributed by atoms with Crippen molar-refractivity contribution in [1.82, 2.24) is 10.3 Å². The highest BCUT2D eigenvalue weighted by Crippen LogP contribution is 2.51. The Morgan fingerprint density at radius 1 is 1.53 bits per heavy atom. The molecular formula is C13H15N3O. The number of hydrogen-bond donors (Lipinski definition) is 1. The van der Waals surface area contributed by atoms with E-state index in [9.17, 15) is 5.26 Å². The molecule has 17 heavy (non-hydrogen) atoms. The Hall–Kier alpha value is -1.60. The number of nitriles is 1. The number of pyridine rings is 1. The predicted molar refractivity (Wildman–Crippen MR) is 62.6 cm³/mol. The maximum atomic E-state index is 9.36. The van der Waals surface area contributed by atoms with E-state index in [1.165, 1.54) is 0 Å². The Labute approximate surface area is 101 Å². The molecule has 88 valence electrons. The number of nitrogens with zero attached hydrogens (tertiary/aromatic N) is 2. The third-order valence-corrected chi connectivity index (χ3v) is 4.00. The lowest BCUT2D eigenvalue weighted by molar-refractivity contribution is 0.411. The van der Waals surface area contributed by atoms with E-state index in [4.69, 9.17) is 4.74 Å². The number of nitrogens with one attached hydrogen (secondary N) is 1. The first-order chi connectivity index (χ1) is 8.29. The summed E-state index contributed by atoms with van der Waals surface area (Å²) in [7, 11) is 1.64. The van der Waals surface area contributed by atoms with Gasteiger partial charge in [-0.05, 0) is 24.5 Å². The van der Waals surface area contributed by atoms with Crippen LogP contribution in [0.15, 0.2) is 18.5 Å². The highest BCUT2D eigenvalue weighted by atomic mass is 16.5. The zero-order valence-electron chi connectivity index (χ0n) is 9.81. The third kappa shape index (κ3) is 1.58. The minimum atomic E-state index is 0.0661. The highest BCUT2D eigenvalue weighted by molar-refractivity contribution is 5.33. The summed E-state index contributed by atoms with van der Waals surface area (Å²) in [6.45, 7) is 0.868. The van der Waals surface area contributed by atoms with Crippen molar-refractivity contribution < 1.29 is 4.74 Å². The molecule has 2 heterocycles. The van der Waals surface area contributed by atoms with Gasteiger partial charge in [0.15, 0.2) is 0 Å². The molecule has 1 aliphatic heterocycles. The second-order valence-electron chi connectivity index (χ2n) is 4.91. The standard InChI is InChI=1S/C13H15N3O/c1-17-10-4-9(6-15-7-10)11-8-16-13(2-3-13)12(11)5-14/h4,6-7,11-12,16H,2-3,8H2,1H3/t11-,12-/m0/s1. The Balaban J connectivity index is 1.91. The number of ether oxygens (including phenoxy) is 1. The summed E-state index contributed by atoms with van der Waals surface area (Å²) in [5.41, 5.74) is 1.20. The van der Waals surface area contributed by atoms with Gasteiger partial charge in [0.1, 0.15) is 5.75 Å². The molecule has 2 fully saturated rings. The lowest BCUT2D eigenvalue weighted by atomic mass is 9.85. The van der Waals surface area contributed by atoms with E-state index >= 15 is 0 Å². The monoisotopic (exact) mass is 229 g/mol. The van der Waals surface area contributed by atoms with E-state index in [1.54, 1.807) is 13.3 Å². The Bertz CT molecular complexity index is 476. The van der Waals surface area contributed by atoms with E-state index in [-0.39, 0.29) is 17.4 Å². The van der Waals surface area contributed by atoms with Crippen molar-refractivity contribution in [3.63, 3.8) is 0 Å². The van der Waals surface area contributed by atoms with E-state index in [0.29, 0.717) is 0 Å². The number of aromatic nitrogens is 1. The zero-order valence-corrected chi connectivity index (χ0v) is 9.81. The van der Waals surface area contributed by atoms with Crippen molar-refractivity contribution in [2.45, 2.75) is 24.3 Å². The molecule has 1 spiro atoms. The van der Waals surface area contributed by atoms with Crippen LogP contribution in [0.4, 0.5) is 0 Å². The van der Waals surface area contributed by atoms with Crippen molar-refractivity contribution >= 4 is 0 Å². The summed E-state index contributed by atoms with van der Waals surface area (Å²) in [5.74, 6) is 1.07. The van der Waals surface area contributed by atoms with Gasteiger partial charge in [-0.1, -0.05) is 0 Å². The molecule has 0 amide bonds. The van der Waals surface area contributed by atoms with Gasteiger partial charge in [0.2, 0.25) is 0 Å². The first kappa shape index (κ1) is 10.5. The van der Waals surface area contributed by atoms with Crippen LogP contribution in [0, 0.1) is 17.2 Å². The Kier molecular flexibility index (Phi) is 2.30. The number of hydrogen-bond acceptors (Lipinski definition) is 4. The molecule has 0 bridgehead atoms. The maximum Gasteiger partial charge on any atom is 0.137 e. The Morgan fingerprint density at radius 3 is 3.00 bits per heavy atom. The molecule has 3 rings (SSSR count). The molecule has 1 N–H and O–H groups in total. The van der Waals surface area contributed by atoms with Crippen molar-refractivity contribution in [3.8, 4) is 11.8 Å². The lowest BCUT2D eigenvalue weighted by Gasteiger charge is -2.16. The molecule has 1 aromatic heterocycles. The quantitative estimate of drug-likeness (QED) is 0.834. The Morgan fingerprint density at radius 2 is 2.35 bits per heavy atom. The minimum Gasteiger partial charge on any atom is -0.495 e. The molecule has 2 aliphatic rings. The van der Waals surface area contributed by atoms with Gasteiger partial charge in [0.25, 0.3) is 0 Å². The SMILES string of the molecule is COc1cncc([C@@H]2CNC3(CC3)[C@H]2C#N)c1. The van der Waals surface area contributed by atoms with Gasteiger partial charge < -0.3 is 10.1 Å². The van der Waals surface area contributed by atoms with Crippen LogP contribution in [0.3, 0.4) is 0 Å². The second kappa shape index (κ2) is 3.71. The fourth-order valence-electron chi connectivity index (χ4n) is 2.82. The van der Waals surface area contributed by atoms with Crippen LogP contribution < -0.4 is 10.1 Å². The first-order valence-corrected chi connectivity index (χ1v) is 5.93. The molecule has 1 saturated carbocycles. The van der Waals surface area contributed by atoms with Gasteiger partial charge in [-0.2, -0.15) is 5.26 Å². The van der Waals surface area contributed by atoms with Crippen LogP contribution in [0.25, 0.3) is 0 Å². The van der Waals surface area contributed by atoms with Gasteiger partial charge in [0.05, 0.1) is 25.3 Å². The normalized spacial score (nSPS) is 28.9. The molecule has 0 aromatic carbocycles. The predicted octanol–water partition coefficient (Wildman–Crippen LogP) is 1.45. The summed E-state index contributed by atoms with van der Waals surface area (Å²) in [5, 5.41) is 12.9. The van der Waals surface area contributed by atoms with Crippen molar-refractivity contribution in [1.29, 1.82) is 5.26 Å². The van der Waals surface area contributed by atoms with Crippen LogP contribution in [0.2, 0.25) is 0 Å². The van der Waals surface area contributed by atoms with Gasteiger partial charge in [-0.25, -0.2) is 0 Å². The van der Waals surface area contributed by atoms with Gasteiger partial charge in [0, 0.05) is 24.2 Å². The summed E-state index contributed by atoms with van der Waals surface area (Å²) < 4.78 is 5.19. The van der Waals surface area contributed by atoms with Crippen LogP contribution in [-0.4, -0.2) is 24.2 Å². The van der Waals surface area contributed by atoms with Crippen LogP contribution in [0.5, 0.6) is 5.75 Å². The average Bonchev–Trinajstić information content (AvgIpc) is 3.04. The van der Waals surface area contributed by atoms with Gasteiger partial charge in [-0.15, -0.1) is 0 Å². The van der Waals surface area contributed by atoms with Crippen molar-refractivity contribution in [3.05, 3.63) is 24.0 Å². The molecule has 1 aliphatic carbocycles. The van der Waals surface area contributed by atoms with E-state index in [0.717, 1.165) is 30.7 Å². The van der Waals surface area contributed by atoms with Crippen molar-refractivity contribution in [2.75, 3.05) is 13.7 Å². The second-order valence-corrected chi connectivity index (χ2v) is 4.91. The van der Waals surface area contributed by atoms with Crippen molar-refractivity contribution in [2.24, 2.45) is 5.92 Å². The van der Waals surface area contributed by atoms with Gasteiger partial charge >= 0.3 is 0 Å².